The van der Waals surface area contributed by atoms with Gasteiger partial charge in [0.25, 0.3) is 0 Å². The Hall–Kier alpha value is -7.66. The summed E-state index contributed by atoms with van der Waals surface area (Å²) in [5.74, 6) is -11.4. The largest absolute Gasteiger partial charge is 0.508 e. The third-order valence-corrected chi connectivity index (χ3v) is 12.2. The number of amides is 9. The average molecular weight is 1080 g/mol. The Labute approximate surface area is 439 Å². The van der Waals surface area contributed by atoms with Crippen molar-refractivity contribution < 1.29 is 73.2 Å². The maximum absolute atomic E-state index is 14.1. The lowest BCUT2D eigenvalue weighted by atomic mass is 9.96. The number of guanidine groups is 1. The van der Waals surface area contributed by atoms with Gasteiger partial charge >= 0.3 is 11.9 Å². The highest BCUT2D eigenvalue weighted by atomic mass is 16.4. The molecular weight excluding hydrogens is 1000 g/mol. The van der Waals surface area contributed by atoms with Gasteiger partial charge in [-0.2, -0.15) is 0 Å². The molecule has 0 aliphatic carbocycles. The number of aliphatic hydroxyl groups is 1. The van der Waals surface area contributed by atoms with Crippen LogP contribution in [-0.4, -0.2) is 184 Å². The van der Waals surface area contributed by atoms with Crippen molar-refractivity contribution in [1.82, 2.24) is 47.4 Å². The number of carboxylic acids is 2. The van der Waals surface area contributed by atoms with Crippen LogP contribution < -0.4 is 65.5 Å². The number of likely N-dealkylation sites (tertiary alicyclic amines) is 1. The molecule has 1 saturated heterocycles. The van der Waals surface area contributed by atoms with Crippen LogP contribution in [0, 0.1) is 5.92 Å². The maximum atomic E-state index is 14.1. The van der Waals surface area contributed by atoms with Crippen LogP contribution in [0.4, 0.5) is 0 Å². The number of carboxylic acid groups (broad SMARTS) is 2. The highest BCUT2D eigenvalue weighted by Gasteiger charge is 2.41. The van der Waals surface area contributed by atoms with Crippen LogP contribution >= 0.6 is 0 Å². The Morgan fingerprint density at radius 2 is 1.24 bits per heavy atom. The van der Waals surface area contributed by atoms with Gasteiger partial charge in [-0.25, -0.2) is 4.79 Å². The Morgan fingerprint density at radius 3 is 1.80 bits per heavy atom. The molecular formula is C47H76N14O15. The number of aromatic hydroxyl groups is 1. The monoisotopic (exact) mass is 1080 g/mol. The number of phenols is 1. The van der Waals surface area contributed by atoms with E-state index in [-0.39, 0.29) is 69.9 Å². The molecule has 29 nitrogen and oxygen atoms in total. The summed E-state index contributed by atoms with van der Waals surface area (Å²) >= 11 is 0. The van der Waals surface area contributed by atoms with Gasteiger partial charge in [-0.05, 0) is 88.4 Å². The first kappa shape index (κ1) is 64.5. The number of phenolic OH excluding ortho intramolecular Hbond substituents is 1. The Bertz CT molecular complexity index is 2190. The molecule has 2 rings (SSSR count). The molecule has 0 bridgehead atoms. The number of benzene rings is 1. The molecule has 0 saturated carbocycles. The number of hydrogen-bond acceptors (Lipinski definition) is 16. The molecule has 1 aliphatic heterocycles. The van der Waals surface area contributed by atoms with Gasteiger partial charge in [0, 0.05) is 25.9 Å². The van der Waals surface area contributed by atoms with Crippen LogP contribution in [0.2, 0.25) is 0 Å². The highest BCUT2D eigenvalue weighted by Crippen LogP contribution is 2.22. The summed E-state index contributed by atoms with van der Waals surface area (Å²) < 4.78 is 0. The normalized spacial score (nSPS) is 16.1. The molecule has 1 aromatic carbocycles. The smallest absolute Gasteiger partial charge is 0.326 e. The summed E-state index contributed by atoms with van der Waals surface area (Å²) in [6, 6.07) is -4.38. The van der Waals surface area contributed by atoms with Crippen molar-refractivity contribution in [2.24, 2.45) is 33.8 Å². The fourth-order valence-electron chi connectivity index (χ4n) is 7.78. The van der Waals surface area contributed by atoms with Gasteiger partial charge in [0.2, 0.25) is 53.2 Å². The van der Waals surface area contributed by atoms with E-state index in [2.05, 4.69) is 47.5 Å². The van der Waals surface area contributed by atoms with E-state index in [1.165, 1.54) is 24.3 Å². The minimum atomic E-state index is -1.80. The van der Waals surface area contributed by atoms with Gasteiger partial charge < -0.3 is 90.8 Å². The molecule has 29 heteroatoms. The van der Waals surface area contributed by atoms with Gasteiger partial charge in [0.05, 0.1) is 25.7 Å². The summed E-state index contributed by atoms with van der Waals surface area (Å²) in [7, 11) is 0. The molecule has 1 fully saturated rings. The van der Waals surface area contributed by atoms with Crippen LogP contribution in [-0.2, 0) is 59.2 Å². The van der Waals surface area contributed by atoms with Crippen LogP contribution in [0.1, 0.15) is 90.5 Å². The number of carbonyl (C=O) groups is 11. The van der Waals surface area contributed by atoms with E-state index in [0.717, 1.165) is 11.8 Å². The van der Waals surface area contributed by atoms with Crippen LogP contribution in [0.5, 0.6) is 5.75 Å². The zero-order valence-corrected chi connectivity index (χ0v) is 43.0. The number of unbranched alkanes of at least 4 members (excludes halogenated alkanes) is 1. The zero-order chi connectivity index (χ0) is 57.1. The molecule has 9 atom stereocenters. The minimum absolute atomic E-state index is 0.0211. The number of carbonyl (C=O) groups excluding carboxylic acids is 9. The van der Waals surface area contributed by atoms with Gasteiger partial charge in [-0.15, -0.1) is 0 Å². The lowest BCUT2D eigenvalue weighted by Crippen LogP contribution is -2.61. The van der Waals surface area contributed by atoms with E-state index in [1.807, 2.05) is 0 Å². The van der Waals surface area contributed by atoms with E-state index in [4.69, 9.17) is 22.9 Å². The lowest BCUT2D eigenvalue weighted by molar-refractivity contribution is -0.150. The maximum Gasteiger partial charge on any atom is 0.326 e. The molecule has 1 heterocycles. The summed E-state index contributed by atoms with van der Waals surface area (Å²) in [4.78, 5) is 149. The molecule has 76 heavy (non-hydrogen) atoms. The summed E-state index contributed by atoms with van der Waals surface area (Å²) in [5.41, 5.74) is 22.3. The van der Waals surface area contributed by atoms with Crippen molar-refractivity contribution in [2.75, 3.05) is 39.3 Å². The quantitative estimate of drug-likeness (QED) is 0.0174. The second-order valence-corrected chi connectivity index (χ2v) is 18.2. The van der Waals surface area contributed by atoms with E-state index >= 15 is 0 Å². The van der Waals surface area contributed by atoms with E-state index in [1.54, 1.807) is 13.8 Å². The van der Waals surface area contributed by atoms with Crippen molar-refractivity contribution in [3.05, 3.63) is 29.8 Å². The van der Waals surface area contributed by atoms with Gasteiger partial charge in [0.1, 0.15) is 48.0 Å². The number of nitrogens with two attached hydrogens (primary N) is 4. The predicted octanol–water partition coefficient (Wildman–Crippen LogP) is -5.42. The first-order chi connectivity index (χ1) is 35.9. The first-order valence-electron chi connectivity index (χ1n) is 24.9. The topological polar surface area (TPSA) is 485 Å². The van der Waals surface area contributed by atoms with Crippen LogP contribution in [0.15, 0.2) is 29.3 Å². The molecule has 9 amide bonds. The summed E-state index contributed by atoms with van der Waals surface area (Å²) in [6.07, 6.45) is -1.52. The summed E-state index contributed by atoms with van der Waals surface area (Å²) in [6.45, 7) is 3.14. The summed E-state index contributed by atoms with van der Waals surface area (Å²) in [5, 5.41) is 59.2. The van der Waals surface area contributed by atoms with Gasteiger partial charge in [-0.1, -0.05) is 32.4 Å². The number of aliphatic hydroxyl groups excluding tert-OH is 1. The number of aliphatic carboxylic acids is 2. The van der Waals surface area contributed by atoms with Crippen molar-refractivity contribution in [1.29, 1.82) is 0 Å². The molecule has 0 aromatic heterocycles. The van der Waals surface area contributed by atoms with E-state index in [9.17, 15) is 73.2 Å². The molecule has 0 radical (unpaired) electrons. The Kier molecular flexibility index (Phi) is 28.2. The second-order valence-electron chi connectivity index (χ2n) is 18.2. The lowest BCUT2D eigenvalue weighted by Gasteiger charge is -2.32. The first-order valence-corrected chi connectivity index (χ1v) is 24.9. The van der Waals surface area contributed by atoms with Crippen molar-refractivity contribution in [2.45, 2.75) is 140 Å². The van der Waals surface area contributed by atoms with Crippen LogP contribution in [0.25, 0.3) is 0 Å². The van der Waals surface area contributed by atoms with Crippen molar-refractivity contribution in [3.8, 4) is 5.75 Å². The Balaban J connectivity index is 2.35. The Morgan fingerprint density at radius 1 is 0.684 bits per heavy atom. The standard InChI is InChI=1S/C47H76N14O15/c1-4-25(2)38(45(74)61-20-8-11-33(61)46(75)76)59-43(72)31(16-17-37(67)68)57-41(70)30(9-5-6-18-48)58-44(73)39(26(3)62)60-42(71)29(10-7-19-52-47(50)51)55-36(66)24-54-40(69)32(21-27-12-14-28(63)15-13-27)56-35(65)23-53-34(64)22-49/h12-15,25-26,29-33,38-39,62-63H,4-11,16-24,48-49H2,1-3H3,(H,53,64)(H,54,69)(H,55,66)(H,56,65)(H,57,70)(H,58,73)(H,59,72)(H,60,71)(H,67,68)(H,75,76)(H4,50,51,52)/t25-,26+,29-,30-,31-,32-,33-,38-,39-/m0/s1. The number of aliphatic imine (C=N–C) groups is 1. The van der Waals surface area contributed by atoms with Crippen LogP contribution in [0.3, 0.4) is 0 Å². The number of rotatable bonds is 34. The molecule has 1 aromatic rings. The molecule has 0 unspecified atom stereocenters. The number of nitrogens with zero attached hydrogens (tertiary/aromatic N) is 2. The number of nitrogens with one attached hydrogen (secondary N) is 8. The SMILES string of the molecule is CC[C@H](C)[C@H](NC(=O)[C@H](CCC(=O)O)NC(=O)[C@H](CCCCN)NC(=O)[C@@H](NC(=O)[C@H](CCCN=C(N)N)NC(=O)CNC(=O)[C@H](Cc1ccc(O)cc1)NC(=O)CNC(=O)CN)[C@@H](C)O)C(=O)N1CCC[C@H]1C(=O)O. The second kappa shape index (κ2) is 33.3. The molecule has 1 aliphatic rings. The highest BCUT2D eigenvalue weighted by molar-refractivity contribution is 5.98. The van der Waals surface area contributed by atoms with Gasteiger partial charge in [-0.3, -0.25) is 52.9 Å². The molecule has 20 N–H and O–H groups in total. The molecule has 0 spiro atoms. The van der Waals surface area contributed by atoms with Crippen molar-refractivity contribution in [3.63, 3.8) is 0 Å². The average Bonchev–Trinajstić information content (AvgIpc) is 3.88. The third kappa shape index (κ3) is 22.8. The van der Waals surface area contributed by atoms with E-state index < -0.39 is 152 Å². The minimum Gasteiger partial charge on any atom is -0.508 e. The molecule has 424 valence electrons. The third-order valence-electron chi connectivity index (χ3n) is 12.2. The fraction of sp³-hybridized carbons (Fsp3) is 0.617. The van der Waals surface area contributed by atoms with E-state index in [0.29, 0.717) is 24.8 Å². The zero-order valence-electron chi connectivity index (χ0n) is 43.0. The predicted molar refractivity (Wildman–Crippen MR) is 272 cm³/mol. The van der Waals surface area contributed by atoms with Gasteiger partial charge in [0.15, 0.2) is 5.96 Å². The number of hydrogen-bond donors (Lipinski definition) is 16. The van der Waals surface area contributed by atoms with Crippen molar-refractivity contribution >= 4 is 71.1 Å². The fourth-order valence-corrected chi connectivity index (χ4v) is 7.78.